The van der Waals surface area contributed by atoms with Crippen molar-refractivity contribution in [2.45, 2.75) is 44.4 Å². The second-order valence-corrected chi connectivity index (χ2v) is 8.57. The number of nitrogens with one attached hydrogen (secondary N) is 1. The topological polar surface area (TPSA) is 32.3 Å². The van der Waals surface area contributed by atoms with Gasteiger partial charge in [0, 0.05) is 29.5 Å². The van der Waals surface area contributed by atoms with E-state index < -0.39 is 5.60 Å². The number of rotatable bonds is 4. The first kappa shape index (κ1) is 21.4. The standard InChI is InChI=1S/C29H31NO/c1-3-13-26-28(25-18-11-6-12-19-25)30-27(24-16-9-5-10-17-24)22(2)29(26,31)21-20-23-14-7-4-8-15-23/h4-12,14-19,22,26-28,30-31H,3,13H2,1-2H3/t22-,26+,27-,28-,29+/m0/s1. The molecule has 1 aliphatic heterocycles. The van der Waals surface area contributed by atoms with Gasteiger partial charge in [-0.25, -0.2) is 0 Å². The van der Waals surface area contributed by atoms with Crippen molar-refractivity contribution in [2.75, 3.05) is 0 Å². The van der Waals surface area contributed by atoms with Gasteiger partial charge < -0.3 is 10.4 Å². The van der Waals surface area contributed by atoms with Gasteiger partial charge in [0.15, 0.2) is 0 Å². The van der Waals surface area contributed by atoms with Crippen molar-refractivity contribution in [3.63, 3.8) is 0 Å². The number of aliphatic hydroxyl groups is 1. The summed E-state index contributed by atoms with van der Waals surface area (Å²) in [5.41, 5.74) is 2.21. The summed E-state index contributed by atoms with van der Waals surface area (Å²) in [5, 5.41) is 16.1. The van der Waals surface area contributed by atoms with Gasteiger partial charge in [-0.15, -0.1) is 0 Å². The van der Waals surface area contributed by atoms with E-state index in [9.17, 15) is 5.11 Å². The maximum Gasteiger partial charge on any atom is 0.134 e. The van der Waals surface area contributed by atoms with Gasteiger partial charge >= 0.3 is 0 Å². The van der Waals surface area contributed by atoms with Crippen LogP contribution in [0.4, 0.5) is 0 Å². The lowest BCUT2D eigenvalue weighted by molar-refractivity contribution is -0.0749. The maximum atomic E-state index is 12.2. The summed E-state index contributed by atoms with van der Waals surface area (Å²) in [4.78, 5) is 0. The summed E-state index contributed by atoms with van der Waals surface area (Å²) < 4.78 is 0. The summed E-state index contributed by atoms with van der Waals surface area (Å²) in [6, 6.07) is 30.9. The zero-order valence-corrected chi connectivity index (χ0v) is 18.3. The molecule has 0 aliphatic carbocycles. The van der Waals surface area contributed by atoms with Crippen LogP contribution in [0.3, 0.4) is 0 Å². The molecule has 3 aromatic carbocycles. The van der Waals surface area contributed by atoms with Gasteiger partial charge in [0.1, 0.15) is 5.60 Å². The van der Waals surface area contributed by atoms with E-state index in [-0.39, 0.29) is 23.9 Å². The lowest BCUT2D eigenvalue weighted by atomic mass is 9.64. The molecule has 0 radical (unpaired) electrons. The zero-order valence-electron chi connectivity index (χ0n) is 18.3. The molecule has 3 aromatic rings. The molecule has 2 heteroatoms. The summed E-state index contributed by atoms with van der Waals surface area (Å²) in [5.74, 6) is 6.58. The molecule has 0 amide bonds. The first-order valence-electron chi connectivity index (χ1n) is 11.3. The highest BCUT2D eigenvalue weighted by molar-refractivity contribution is 5.39. The molecule has 4 rings (SSSR count). The van der Waals surface area contributed by atoms with Gasteiger partial charge in [-0.3, -0.25) is 0 Å². The van der Waals surface area contributed by atoms with Crippen LogP contribution >= 0.6 is 0 Å². The predicted molar refractivity (Wildman–Crippen MR) is 127 cm³/mol. The third kappa shape index (κ3) is 4.44. The Morgan fingerprint density at radius 1 is 0.806 bits per heavy atom. The molecular formula is C29H31NO. The molecule has 31 heavy (non-hydrogen) atoms. The third-order valence-corrected chi connectivity index (χ3v) is 6.62. The fourth-order valence-electron chi connectivity index (χ4n) is 4.93. The smallest absolute Gasteiger partial charge is 0.134 e. The van der Waals surface area contributed by atoms with E-state index in [0.717, 1.165) is 18.4 Å². The Labute approximate surface area is 186 Å². The van der Waals surface area contributed by atoms with Gasteiger partial charge in [-0.05, 0) is 29.7 Å². The van der Waals surface area contributed by atoms with Gasteiger partial charge in [-0.1, -0.05) is 111 Å². The van der Waals surface area contributed by atoms with Gasteiger partial charge in [0.25, 0.3) is 0 Å². The summed E-state index contributed by atoms with van der Waals surface area (Å²) in [7, 11) is 0. The molecule has 1 saturated heterocycles. The van der Waals surface area contributed by atoms with Crippen LogP contribution in [0.25, 0.3) is 0 Å². The van der Waals surface area contributed by atoms with E-state index in [0.29, 0.717) is 0 Å². The van der Waals surface area contributed by atoms with Crippen molar-refractivity contribution in [3.8, 4) is 11.8 Å². The van der Waals surface area contributed by atoms with Crippen molar-refractivity contribution in [1.29, 1.82) is 0 Å². The number of benzene rings is 3. The van der Waals surface area contributed by atoms with Crippen LogP contribution in [0.15, 0.2) is 91.0 Å². The largest absolute Gasteiger partial charge is 0.377 e. The third-order valence-electron chi connectivity index (χ3n) is 6.62. The Balaban J connectivity index is 1.82. The number of hydrogen-bond acceptors (Lipinski definition) is 2. The van der Waals surface area contributed by atoms with Crippen molar-refractivity contribution < 1.29 is 5.11 Å². The normalized spacial score (nSPS) is 27.8. The molecule has 0 bridgehead atoms. The van der Waals surface area contributed by atoms with E-state index in [1.807, 2.05) is 42.5 Å². The van der Waals surface area contributed by atoms with E-state index in [4.69, 9.17) is 0 Å². The summed E-state index contributed by atoms with van der Waals surface area (Å²) >= 11 is 0. The number of hydrogen-bond donors (Lipinski definition) is 2. The van der Waals surface area contributed by atoms with E-state index >= 15 is 0 Å². The quantitative estimate of drug-likeness (QED) is 0.525. The minimum absolute atomic E-state index is 0.00826. The monoisotopic (exact) mass is 409 g/mol. The Morgan fingerprint density at radius 3 is 1.87 bits per heavy atom. The van der Waals surface area contributed by atoms with Crippen LogP contribution in [0.1, 0.15) is 55.5 Å². The maximum absolute atomic E-state index is 12.2. The predicted octanol–water partition coefficient (Wildman–Crippen LogP) is 5.91. The van der Waals surface area contributed by atoms with E-state index in [1.54, 1.807) is 0 Å². The highest BCUT2D eigenvalue weighted by atomic mass is 16.3. The first-order valence-corrected chi connectivity index (χ1v) is 11.3. The van der Waals surface area contributed by atoms with E-state index in [1.165, 1.54) is 11.1 Å². The molecule has 1 fully saturated rings. The van der Waals surface area contributed by atoms with Crippen LogP contribution in [0, 0.1) is 23.7 Å². The Hall–Kier alpha value is -2.86. The lowest BCUT2D eigenvalue weighted by Crippen LogP contribution is -2.58. The number of piperidine rings is 1. The molecule has 1 heterocycles. The molecule has 2 nitrogen and oxygen atoms in total. The van der Waals surface area contributed by atoms with Crippen molar-refractivity contribution >= 4 is 0 Å². The molecule has 0 aromatic heterocycles. The first-order chi connectivity index (χ1) is 15.1. The molecule has 0 spiro atoms. The Morgan fingerprint density at radius 2 is 1.32 bits per heavy atom. The van der Waals surface area contributed by atoms with Crippen LogP contribution in [-0.4, -0.2) is 10.7 Å². The molecule has 5 atom stereocenters. The Kier molecular flexibility index (Phi) is 6.56. The minimum atomic E-state index is -1.11. The van der Waals surface area contributed by atoms with Crippen molar-refractivity contribution in [1.82, 2.24) is 5.32 Å². The lowest BCUT2D eigenvalue weighted by Gasteiger charge is -2.51. The van der Waals surface area contributed by atoms with E-state index in [2.05, 4.69) is 79.5 Å². The van der Waals surface area contributed by atoms with Crippen LogP contribution < -0.4 is 5.32 Å². The molecular weight excluding hydrogens is 378 g/mol. The zero-order chi connectivity index (χ0) is 21.7. The van der Waals surface area contributed by atoms with Crippen molar-refractivity contribution in [3.05, 3.63) is 108 Å². The van der Waals surface area contributed by atoms with Gasteiger partial charge in [-0.2, -0.15) is 0 Å². The Bertz CT molecular complexity index is 1020. The van der Waals surface area contributed by atoms with Crippen molar-refractivity contribution in [2.24, 2.45) is 11.8 Å². The second-order valence-electron chi connectivity index (χ2n) is 8.57. The molecule has 2 N–H and O–H groups in total. The van der Waals surface area contributed by atoms with Crippen LogP contribution in [-0.2, 0) is 0 Å². The van der Waals surface area contributed by atoms with Crippen LogP contribution in [0.2, 0.25) is 0 Å². The SMILES string of the molecule is CCC[C@@H]1[C@H](c2ccccc2)N[C@H](c2ccccc2)[C@H](C)[C@]1(O)C#Cc1ccccc1. The fraction of sp³-hybridized carbons (Fsp3) is 0.310. The minimum Gasteiger partial charge on any atom is -0.377 e. The molecule has 158 valence electrons. The van der Waals surface area contributed by atoms with Gasteiger partial charge in [0.05, 0.1) is 0 Å². The summed E-state index contributed by atoms with van der Waals surface area (Å²) in [6.07, 6.45) is 1.89. The van der Waals surface area contributed by atoms with Gasteiger partial charge in [0.2, 0.25) is 0 Å². The molecule has 1 aliphatic rings. The fourth-order valence-corrected chi connectivity index (χ4v) is 4.93. The highest BCUT2D eigenvalue weighted by Crippen LogP contribution is 2.48. The van der Waals surface area contributed by atoms with Crippen LogP contribution in [0.5, 0.6) is 0 Å². The highest BCUT2D eigenvalue weighted by Gasteiger charge is 2.52. The molecule has 0 saturated carbocycles. The average molecular weight is 410 g/mol. The summed E-state index contributed by atoms with van der Waals surface area (Å²) in [6.45, 7) is 4.31. The average Bonchev–Trinajstić information content (AvgIpc) is 2.83. The second kappa shape index (κ2) is 9.52. The molecule has 0 unspecified atom stereocenters.